The molecule has 1 unspecified atom stereocenters. The van der Waals surface area contributed by atoms with E-state index in [2.05, 4.69) is 10.2 Å². The van der Waals surface area contributed by atoms with Crippen LogP contribution in [0.25, 0.3) is 0 Å². The number of nitrogens with one attached hydrogen (secondary N) is 1. The summed E-state index contributed by atoms with van der Waals surface area (Å²) in [4.78, 5) is 27.5. The Kier molecular flexibility index (Phi) is 4.34. The molecule has 2 rings (SSSR count). The standard InChI is InChI=1S/C14H25N3O3/c1-10(12(18)19)11-8-16(9-11)13(20)14(2,3)17-6-4-15-5-7-17/h10-11,15H,4-9H2,1-3H3,(H,18,19). The molecule has 20 heavy (non-hydrogen) atoms. The van der Waals surface area contributed by atoms with Crippen LogP contribution in [0.3, 0.4) is 0 Å². The summed E-state index contributed by atoms with van der Waals surface area (Å²) in [5.41, 5.74) is -0.500. The lowest BCUT2D eigenvalue weighted by molar-refractivity contribution is -0.156. The molecule has 1 atom stereocenters. The Balaban J connectivity index is 1.90. The highest BCUT2D eigenvalue weighted by molar-refractivity contribution is 5.86. The van der Waals surface area contributed by atoms with E-state index in [0.717, 1.165) is 26.2 Å². The molecule has 0 aromatic heterocycles. The Morgan fingerprint density at radius 1 is 1.25 bits per heavy atom. The molecule has 6 heteroatoms. The molecule has 2 aliphatic heterocycles. The summed E-state index contributed by atoms with van der Waals surface area (Å²) >= 11 is 0. The van der Waals surface area contributed by atoms with Gasteiger partial charge in [-0.3, -0.25) is 14.5 Å². The molecule has 114 valence electrons. The number of amides is 1. The molecule has 0 saturated carbocycles. The molecule has 2 aliphatic rings. The maximum Gasteiger partial charge on any atom is 0.306 e. The van der Waals surface area contributed by atoms with Crippen LogP contribution in [0, 0.1) is 11.8 Å². The minimum absolute atomic E-state index is 0.0928. The van der Waals surface area contributed by atoms with Crippen molar-refractivity contribution in [3.63, 3.8) is 0 Å². The summed E-state index contributed by atoms with van der Waals surface area (Å²) < 4.78 is 0. The molecular weight excluding hydrogens is 258 g/mol. The summed E-state index contributed by atoms with van der Waals surface area (Å²) in [5, 5.41) is 12.3. The van der Waals surface area contributed by atoms with Crippen molar-refractivity contribution in [2.75, 3.05) is 39.3 Å². The maximum absolute atomic E-state index is 12.6. The Morgan fingerprint density at radius 2 is 1.80 bits per heavy atom. The summed E-state index contributed by atoms with van der Waals surface area (Å²) in [6, 6.07) is 0. The number of aliphatic carboxylic acids is 1. The van der Waals surface area contributed by atoms with Crippen molar-refractivity contribution in [1.82, 2.24) is 15.1 Å². The number of carbonyl (C=O) groups excluding carboxylic acids is 1. The molecule has 2 fully saturated rings. The fraction of sp³-hybridized carbons (Fsp3) is 0.857. The SMILES string of the molecule is CC(C(=O)O)C1CN(C(=O)C(C)(C)N2CCNCC2)C1. The Bertz CT molecular complexity index is 385. The first kappa shape index (κ1) is 15.3. The van der Waals surface area contributed by atoms with Gasteiger partial charge in [-0.25, -0.2) is 0 Å². The number of hydrogen-bond donors (Lipinski definition) is 2. The largest absolute Gasteiger partial charge is 0.481 e. The summed E-state index contributed by atoms with van der Waals surface area (Å²) in [6.07, 6.45) is 0. The summed E-state index contributed by atoms with van der Waals surface area (Å²) in [6.45, 7) is 10.4. The number of hydrogen-bond acceptors (Lipinski definition) is 4. The molecule has 2 N–H and O–H groups in total. The molecular formula is C14H25N3O3. The molecule has 0 aromatic carbocycles. The maximum atomic E-state index is 12.6. The van der Waals surface area contributed by atoms with Gasteiger partial charge in [0.15, 0.2) is 0 Å². The zero-order valence-electron chi connectivity index (χ0n) is 12.6. The highest BCUT2D eigenvalue weighted by Crippen LogP contribution is 2.28. The number of piperazine rings is 1. The molecule has 0 bridgehead atoms. The number of nitrogens with zero attached hydrogens (tertiary/aromatic N) is 2. The second-order valence-corrected chi connectivity index (χ2v) is 6.39. The summed E-state index contributed by atoms with van der Waals surface area (Å²) in [5.74, 6) is -0.937. The van der Waals surface area contributed by atoms with Gasteiger partial charge in [0.25, 0.3) is 0 Å². The van der Waals surface area contributed by atoms with Gasteiger partial charge >= 0.3 is 5.97 Å². The van der Waals surface area contributed by atoms with Crippen molar-refractivity contribution in [3.05, 3.63) is 0 Å². The quantitative estimate of drug-likeness (QED) is 0.751. The fourth-order valence-electron chi connectivity index (χ4n) is 2.94. The molecule has 1 amide bonds. The first-order chi connectivity index (χ1) is 9.34. The zero-order valence-corrected chi connectivity index (χ0v) is 12.6. The average molecular weight is 283 g/mol. The van der Waals surface area contributed by atoms with Gasteiger partial charge in [-0.05, 0) is 13.8 Å². The van der Waals surface area contributed by atoms with E-state index in [1.165, 1.54) is 0 Å². The topological polar surface area (TPSA) is 72.9 Å². The van der Waals surface area contributed by atoms with Crippen molar-refractivity contribution < 1.29 is 14.7 Å². The third-order valence-electron chi connectivity index (χ3n) is 4.72. The van der Waals surface area contributed by atoms with Crippen LogP contribution in [0.5, 0.6) is 0 Å². The average Bonchev–Trinajstić information content (AvgIpc) is 2.37. The highest BCUT2D eigenvalue weighted by atomic mass is 16.4. The number of likely N-dealkylation sites (tertiary alicyclic amines) is 1. The highest BCUT2D eigenvalue weighted by Gasteiger charge is 2.44. The van der Waals surface area contributed by atoms with E-state index in [-0.39, 0.29) is 17.7 Å². The van der Waals surface area contributed by atoms with Gasteiger partial charge in [-0.15, -0.1) is 0 Å². The van der Waals surface area contributed by atoms with Gasteiger partial charge in [-0.1, -0.05) is 6.92 Å². The predicted octanol–water partition coefficient (Wildman–Crippen LogP) is -0.151. The van der Waals surface area contributed by atoms with Crippen LogP contribution in [0.4, 0.5) is 0 Å². The van der Waals surface area contributed by atoms with Crippen molar-refractivity contribution in [3.8, 4) is 0 Å². The predicted molar refractivity (Wildman–Crippen MR) is 75.4 cm³/mol. The van der Waals surface area contributed by atoms with Crippen LogP contribution in [-0.2, 0) is 9.59 Å². The number of rotatable bonds is 4. The number of carboxylic acids is 1. The molecule has 0 aromatic rings. The summed E-state index contributed by atoms with van der Waals surface area (Å²) in [7, 11) is 0. The lowest BCUT2D eigenvalue weighted by atomic mass is 9.85. The first-order valence-electron chi connectivity index (χ1n) is 7.32. The third-order valence-corrected chi connectivity index (χ3v) is 4.72. The van der Waals surface area contributed by atoms with E-state index >= 15 is 0 Å². The molecule has 6 nitrogen and oxygen atoms in total. The smallest absolute Gasteiger partial charge is 0.306 e. The van der Waals surface area contributed by atoms with Gasteiger partial charge in [-0.2, -0.15) is 0 Å². The van der Waals surface area contributed by atoms with Crippen LogP contribution < -0.4 is 5.32 Å². The fourth-order valence-corrected chi connectivity index (χ4v) is 2.94. The lowest BCUT2D eigenvalue weighted by Crippen LogP contribution is -2.65. The monoisotopic (exact) mass is 283 g/mol. The molecule has 0 aliphatic carbocycles. The van der Waals surface area contributed by atoms with Crippen LogP contribution in [0.1, 0.15) is 20.8 Å². The van der Waals surface area contributed by atoms with E-state index in [4.69, 9.17) is 5.11 Å². The van der Waals surface area contributed by atoms with Crippen molar-refractivity contribution in [1.29, 1.82) is 0 Å². The van der Waals surface area contributed by atoms with Gasteiger partial charge in [0.2, 0.25) is 5.91 Å². The molecule has 2 heterocycles. The Hall–Kier alpha value is -1.14. The van der Waals surface area contributed by atoms with Crippen molar-refractivity contribution >= 4 is 11.9 Å². The minimum Gasteiger partial charge on any atom is -0.481 e. The number of carbonyl (C=O) groups is 2. The molecule has 0 spiro atoms. The molecule has 0 radical (unpaired) electrons. The third kappa shape index (κ3) is 2.81. The Labute approximate surface area is 120 Å². The van der Waals surface area contributed by atoms with Crippen LogP contribution in [0.15, 0.2) is 0 Å². The van der Waals surface area contributed by atoms with Gasteiger partial charge in [0.05, 0.1) is 11.5 Å². The van der Waals surface area contributed by atoms with E-state index in [1.807, 2.05) is 13.8 Å². The Morgan fingerprint density at radius 3 is 2.30 bits per heavy atom. The second-order valence-electron chi connectivity index (χ2n) is 6.39. The van der Waals surface area contributed by atoms with E-state index in [1.54, 1.807) is 11.8 Å². The molecule has 2 saturated heterocycles. The van der Waals surface area contributed by atoms with E-state index < -0.39 is 11.5 Å². The zero-order chi connectivity index (χ0) is 14.9. The normalized spacial score (nSPS) is 23.2. The minimum atomic E-state index is -0.775. The van der Waals surface area contributed by atoms with Gasteiger partial charge in [0.1, 0.15) is 0 Å². The van der Waals surface area contributed by atoms with Crippen molar-refractivity contribution in [2.45, 2.75) is 26.3 Å². The lowest BCUT2D eigenvalue weighted by Gasteiger charge is -2.48. The van der Waals surface area contributed by atoms with Crippen LogP contribution >= 0.6 is 0 Å². The second kappa shape index (κ2) is 5.69. The van der Waals surface area contributed by atoms with E-state index in [9.17, 15) is 9.59 Å². The van der Waals surface area contributed by atoms with Crippen LogP contribution in [0.2, 0.25) is 0 Å². The van der Waals surface area contributed by atoms with Gasteiger partial charge in [0, 0.05) is 45.2 Å². The number of carboxylic acid groups (broad SMARTS) is 1. The van der Waals surface area contributed by atoms with Crippen molar-refractivity contribution in [2.24, 2.45) is 11.8 Å². The first-order valence-corrected chi connectivity index (χ1v) is 7.32. The van der Waals surface area contributed by atoms with E-state index in [0.29, 0.717) is 13.1 Å². The van der Waals surface area contributed by atoms with Gasteiger partial charge < -0.3 is 15.3 Å². The van der Waals surface area contributed by atoms with Crippen LogP contribution in [-0.4, -0.2) is 71.6 Å².